The molecule has 1 aromatic carbocycles. The Kier molecular flexibility index (Phi) is 5.15. The van der Waals surface area contributed by atoms with Crippen LogP contribution in [0.2, 0.25) is 0 Å². The molecule has 22 heavy (non-hydrogen) atoms. The Morgan fingerprint density at radius 1 is 1.32 bits per heavy atom. The van der Waals surface area contributed by atoms with Gasteiger partial charge < -0.3 is 10.4 Å². The fourth-order valence-electron chi connectivity index (χ4n) is 3.06. The lowest BCUT2D eigenvalue weighted by Gasteiger charge is -2.24. The van der Waals surface area contributed by atoms with Gasteiger partial charge in [0.15, 0.2) is 0 Å². The standard InChI is InChI=1S/C16H22N2O4/c1-3-11(9(2)15(20)18-22)16(21)17-14-12-7-5-4-6-10(12)8-13(14)19/h4-7,9,11,13-14,19,22H,3,8H2,1-2H3,(H,17,21)(H,18,20)/t9-,11+,13+,14-/m0/s1. The molecule has 0 radical (unpaired) electrons. The van der Waals surface area contributed by atoms with Gasteiger partial charge in [0, 0.05) is 18.3 Å². The van der Waals surface area contributed by atoms with Crippen LogP contribution < -0.4 is 10.8 Å². The van der Waals surface area contributed by atoms with Crippen LogP contribution in [0.25, 0.3) is 0 Å². The Morgan fingerprint density at radius 3 is 2.64 bits per heavy atom. The Balaban J connectivity index is 2.12. The number of aliphatic hydroxyl groups excluding tert-OH is 1. The van der Waals surface area contributed by atoms with Crippen LogP contribution in [0.1, 0.15) is 37.4 Å². The number of carbonyl (C=O) groups is 2. The number of amides is 2. The third-order valence-electron chi connectivity index (χ3n) is 4.41. The van der Waals surface area contributed by atoms with Crippen molar-refractivity contribution in [3.05, 3.63) is 35.4 Å². The summed E-state index contributed by atoms with van der Waals surface area (Å²) < 4.78 is 0. The summed E-state index contributed by atoms with van der Waals surface area (Å²) in [4.78, 5) is 24.0. The molecule has 0 aliphatic heterocycles. The van der Waals surface area contributed by atoms with E-state index >= 15 is 0 Å². The van der Waals surface area contributed by atoms with Crippen molar-refractivity contribution in [2.45, 2.75) is 38.8 Å². The van der Waals surface area contributed by atoms with Gasteiger partial charge in [0.1, 0.15) is 0 Å². The zero-order chi connectivity index (χ0) is 16.3. The van der Waals surface area contributed by atoms with E-state index < -0.39 is 29.9 Å². The molecular weight excluding hydrogens is 284 g/mol. The number of aliphatic hydroxyl groups is 1. The maximum absolute atomic E-state index is 12.5. The SMILES string of the molecule is CC[C@@H](C(=O)N[C@H]1c2ccccc2C[C@H]1O)[C@H](C)C(=O)NO. The van der Waals surface area contributed by atoms with Crippen molar-refractivity contribution in [3.8, 4) is 0 Å². The minimum atomic E-state index is -0.666. The molecule has 6 heteroatoms. The van der Waals surface area contributed by atoms with E-state index in [1.165, 1.54) is 0 Å². The highest BCUT2D eigenvalue weighted by molar-refractivity contribution is 5.87. The van der Waals surface area contributed by atoms with Crippen molar-refractivity contribution >= 4 is 11.8 Å². The van der Waals surface area contributed by atoms with Crippen molar-refractivity contribution in [1.82, 2.24) is 10.8 Å². The van der Waals surface area contributed by atoms with Gasteiger partial charge in [-0.05, 0) is 17.5 Å². The largest absolute Gasteiger partial charge is 0.390 e. The van der Waals surface area contributed by atoms with E-state index in [1.54, 1.807) is 12.4 Å². The highest BCUT2D eigenvalue weighted by Gasteiger charge is 2.35. The van der Waals surface area contributed by atoms with Crippen molar-refractivity contribution in [2.75, 3.05) is 0 Å². The minimum absolute atomic E-state index is 0.292. The number of benzene rings is 1. The molecule has 0 spiro atoms. The van der Waals surface area contributed by atoms with Gasteiger partial charge in [-0.15, -0.1) is 0 Å². The first-order chi connectivity index (χ1) is 10.5. The topological polar surface area (TPSA) is 98.7 Å². The molecule has 0 saturated carbocycles. The molecule has 0 fully saturated rings. The summed E-state index contributed by atoms with van der Waals surface area (Å²) in [5.74, 6) is -2.09. The first-order valence-electron chi connectivity index (χ1n) is 7.49. The third kappa shape index (κ3) is 3.13. The first kappa shape index (κ1) is 16.5. The van der Waals surface area contributed by atoms with Crippen LogP contribution in [-0.2, 0) is 16.0 Å². The van der Waals surface area contributed by atoms with Gasteiger partial charge in [-0.3, -0.25) is 14.8 Å². The maximum Gasteiger partial charge on any atom is 0.246 e. The van der Waals surface area contributed by atoms with E-state index in [9.17, 15) is 14.7 Å². The molecule has 4 atom stereocenters. The molecule has 2 rings (SSSR count). The van der Waals surface area contributed by atoms with Crippen molar-refractivity contribution < 1.29 is 19.9 Å². The second kappa shape index (κ2) is 6.89. The molecule has 0 bridgehead atoms. The zero-order valence-electron chi connectivity index (χ0n) is 12.7. The monoisotopic (exact) mass is 306 g/mol. The van der Waals surface area contributed by atoms with Gasteiger partial charge in [-0.25, -0.2) is 5.48 Å². The van der Waals surface area contributed by atoms with Gasteiger partial charge in [-0.2, -0.15) is 0 Å². The number of hydrogen-bond donors (Lipinski definition) is 4. The van der Waals surface area contributed by atoms with Crippen LogP contribution in [0.4, 0.5) is 0 Å². The summed E-state index contributed by atoms with van der Waals surface area (Å²) >= 11 is 0. The van der Waals surface area contributed by atoms with Crippen molar-refractivity contribution in [1.29, 1.82) is 0 Å². The fraction of sp³-hybridized carbons (Fsp3) is 0.500. The molecule has 0 unspecified atom stereocenters. The molecule has 6 nitrogen and oxygen atoms in total. The van der Waals surface area contributed by atoms with E-state index in [0.29, 0.717) is 12.8 Å². The summed E-state index contributed by atoms with van der Waals surface area (Å²) in [6.45, 7) is 3.41. The Labute approximate surface area is 129 Å². The van der Waals surface area contributed by atoms with Crippen LogP contribution in [0.5, 0.6) is 0 Å². The summed E-state index contributed by atoms with van der Waals surface area (Å²) in [6.07, 6.45) is 0.302. The number of hydrogen-bond acceptors (Lipinski definition) is 4. The average Bonchev–Trinajstić information content (AvgIpc) is 2.83. The number of hydroxylamine groups is 1. The normalized spacial score (nSPS) is 22.5. The molecule has 1 aromatic rings. The first-order valence-corrected chi connectivity index (χ1v) is 7.49. The number of rotatable bonds is 5. The lowest BCUT2D eigenvalue weighted by Crippen LogP contribution is -2.43. The molecule has 0 heterocycles. The Bertz CT molecular complexity index is 561. The summed E-state index contributed by atoms with van der Waals surface area (Å²) in [7, 11) is 0. The van der Waals surface area contributed by atoms with Crippen LogP contribution >= 0.6 is 0 Å². The molecule has 0 aromatic heterocycles. The molecule has 120 valence electrons. The van der Waals surface area contributed by atoms with Crippen LogP contribution in [0.3, 0.4) is 0 Å². The van der Waals surface area contributed by atoms with Crippen LogP contribution in [0, 0.1) is 11.8 Å². The van der Waals surface area contributed by atoms with Crippen LogP contribution in [0.15, 0.2) is 24.3 Å². The predicted octanol–water partition coefficient (Wildman–Crippen LogP) is 0.929. The van der Waals surface area contributed by atoms with Gasteiger partial charge >= 0.3 is 0 Å². The van der Waals surface area contributed by atoms with Crippen molar-refractivity contribution in [2.24, 2.45) is 11.8 Å². The highest BCUT2D eigenvalue weighted by atomic mass is 16.5. The number of fused-ring (bicyclic) bond motifs is 1. The Morgan fingerprint density at radius 2 is 2.00 bits per heavy atom. The van der Waals surface area contributed by atoms with Gasteiger partial charge in [0.25, 0.3) is 0 Å². The fourth-order valence-corrected chi connectivity index (χ4v) is 3.06. The summed E-state index contributed by atoms with van der Waals surface area (Å²) in [5, 5.41) is 21.7. The quantitative estimate of drug-likeness (QED) is 0.480. The number of carbonyl (C=O) groups excluding carboxylic acids is 2. The predicted molar refractivity (Wildman–Crippen MR) is 79.9 cm³/mol. The van der Waals surface area contributed by atoms with E-state index in [1.807, 2.05) is 31.2 Å². The molecular formula is C16H22N2O4. The maximum atomic E-state index is 12.5. The summed E-state index contributed by atoms with van der Waals surface area (Å²) in [6, 6.07) is 7.14. The average molecular weight is 306 g/mol. The Hall–Kier alpha value is -1.92. The number of nitrogens with one attached hydrogen (secondary N) is 2. The smallest absolute Gasteiger partial charge is 0.246 e. The van der Waals surface area contributed by atoms with E-state index in [0.717, 1.165) is 11.1 Å². The van der Waals surface area contributed by atoms with E-state index in [-0.39, 0.29) is 5.91 Å². The van der Waals surface area contributed by atoms with Gasteiger partial charge in [0.2, 0.25) is 11.8 Å². The van der Waals surface area contributed by atoms with Crippen molar-refractivity contribution in [3.63, 3.8) is 0 Å². The molecule has 2 amide bonds. The lowest BCUT2D eigenvalue weighted by molar-refractivity contribution is -0.140. The van der Waals surface area contributed by atoms with Gasteiger partial charge in [0.05, 0.1) is 12.1 Å². The van der Waals surface area contributed by atoms with E-state index in [4.69, 9.17) is 5.21 Å². The minimum Gasteiger partial charge on any atom is -0.390 e. The molecule has 1 aliphatic carbocycles. The van der Waals surface area contributed by atoms with Gasteiger partial charge in [-0.1, -0.05) is 38.1 Å². The highest BCUT2D eigenvalue weighted by Crippen LogP contribution is 2.32. The lowest BCUT2D eigenvalue weighted by atomic mass is 9.89. The second-order valence-electron chi connectivity index (χ2n) is 5.74. The van der Waals surface area contributed by atoms with E-state index in [2.05, 4.69) is 5.32 Å². The molecule has 0 saturated heterocycles. The zero-order valence-corrected chi connectivity index (χ0v) is 12.7. The summed E-state index contributed by atoms with van der Waals surface area (Å²) in [5.41, 5.74) is 3.52. The second-order valence-corrected chi connectivity index (χ2v) is 5.74. The molecule has 1 aliphatic rings. The molecule has 4 N–H and O–H groups in total. The van der Waals surface area contributed by atoms with Crippen LogP contribution in [-0.4, -0.2) is 28.2 Å². The third-order valence-corrected chi connectivity index (χ3v) is 4.41.